The Morgan fingerprint density at radius 2 is 1.88 bits per heavy atom. The van der Waals surface area contributed by atoms with Gasteiger partial charge in [-0.15, -0.1) is 11.3 Å². The monoisotopic (exact) mass is 495 g/mol. The Kier molecular flexibility index (Phi) is 7.44. The van der Waals surface area contributed by atoms with Crippen LogP contribution in [0.4, 0.5) is 5.69 Å². The zero-order valence-corrected chi connectivity index (χ0v) is 20.8. The number of aliphatic hydroxyl groups excluding tert-OH is 1. The second kappa shape index (κ2) is 9.99. The molecule has 0 amide bonds. The number of rotatable bonds is 7. The van der Waals surface area contributed by atoms with Crippen LogP contribution in [-0.4, -0.2) is 92.5 Å². The third kappa shape index (κ3) is 5.43. The zero-order valence-electron chi connectivity index (χ0n) is 19.1. The summed E-state index contributed by atoms with van der Waals surface area (Å²) < 4.78 is 33.9. The number of hydrogen-bond donors (Lipinski definition) is 2. The summed E-state index contributed by atoms with van der Waals surface area (Å²) in [4.78, 5) is 4.45. The Hall–Kier alpha value is -1.53. The van der Waals surface area contributed by atoms with Crippen LogP contribution in [0.3, 0.4) is 0 Å². The van der Waals surface area contributed by atoms with Gasteiger partial charge in [0.25, 0.3) is 10.0 Å². The molecule has 3 heterocycles. The summed E-state index contributed by atoms with van der Waals surface area (Å²) in [7, 11) is -3.54. The van der Waals surface area contributed by atoms with Crippen molar-refractivity contribution in [2.45, 2.75) is 35.7 Å². The van der Waals surface area contributed by atoms with E-state index in [0.29, 0.717) is 50.1 Å². The minimum absolute atomic E-state index is 0.00417. The molecular weight excluding hydrogens is 462 g/mol. The molecular formula is C23H33N3O5S2. The van der Waals surface area contributed by atoms with Crippen LogP contribution < -0.4 is 4.90 Å². The number of hydrogen-bond acceptors (Lipinski definition) is 8. The molecule has 0 saturated carbocycles. The molecule has 1 aromatic heterocycles. The van der Waals surface area contributed by atoms with Crippen LogP contribution in [0.25, 0.3) is 0 Å². The maximum Gasteiger partial charge on any atom is 0.252 e. The van der Waals surface area contributed by atoms with Crippen molar-refractivity contribution in [3.05, 3.63) is 47.3 Å². The first kappa shape index (κ1) is 24.6. The van der Waals surface area contributed by atoms with Crippen LogP contribution >= 0.6 is 11.3 Å². The van der Waals surface area contributed by atoms with Gasteiger partial charge in [0.1, 0.15) is 4.21 Å². The molecule has 0 spiro atoms. The van der Waals surface area contributed by atoms with Crippen molar-refractivity contribution in [3.8, 4) is 0 Å². The molecule has 10 heteroatoms. The van der Waals surface area contributed by atoms with E-state index in [0.717, 1.165) is 11.3 Å². The van der Waals surface area contributed by atoms with Gasteiger partial charge in [-0.25, -0.2) is 8.42 Å². The van der Waals surface area contributed by atoms with Crippen molar-refractivity contribution in [2.24, 2.45) is 0 Å². The Balaban J connectivity index is 1.60. The van der Waals surface area contributed by atoms with E-state index in [9.17, 15) is 18.6 Å². The lowest BCUT2D eigenvalue weighted by Gasteiger charge is -2.45. The number of sulfonamides is 1. The SMILES string of the molecule is CC(C)(O)c1ccc(N2CCN(S(=O)(=O)c3cccs3)C[C@H]2CN2CCOC[C@@H]2CO)cc1. The number of anilines is 1. The molecule has 2 fully saturated rings. The second-order valence-corrected chi connectivity index (χ2v) is 12.3. The van der Waals surface area contributed by atoms with Gasteiger partial charge in [-0.05, 0) is 43.0 Å². The van der Waals surface area contributed by atoms with E-state index >= 15 is 0 Å². The molecule has 182 valence electrons. The van der Waals surface area contributed by atoms with Crippen LogP contribution in [0.15, 0.2) is 46.0 Å². The number of nitrogens with zero attached hydrogens (tertiary/aromatic N) is 3. The summed E-state index contributed by atoms with van der Waals surface area (Å²) in [6, 6.07) is 11.1. The molecule has 2 saturated heterocycles. The molecule has 0 bridgehead atoms. The molecule has 2 aliphatic rings. The molecule has 0 aliphatic carbocycles. The molecule has 2 atom stereocenters. The van der Waals surface area contributed by atoms with E-state index in [1.54, 1.807) is 35.7 Å². The minimum Gasteiger partial charge on any atom is -0.395 e. The largest absolute Gasteiger partial charge is 0.395 e. The van der Waals surface area contributed by atoms with Gasteiger partial charge >= 0.3 is 0 Å². The summed E-state index contributed by atoms with van der Waals surface area (Å²) in [6.45, 7) is 7.23. The third-order valence-corrected chi connectivity index (χ3v) is 9.68. The van der Waals surface area contributed by atoms with E-state index < -0.39 is 15.6 Å². The molecule has 0 radical (unpaired) electrons. The van der Waals surface area contributed by atoms with Gasteiger partial charge < -0.3 is 19.8 Å². The normalized spacial score (nSPS) is 23.7. The fourth-order valence-corrected chi connectivity index (χ4v) is 7.12. The average molecular weight is 496 g/mol. The highest BCUT2D eigenvalue weighted by molar-refractivity contribution is 7.91. The first-order valence-electron chi connectivity index (χ1n) is 11.3. The molecule has 4 rings (SSSR count). The predicted molar refractivity (Wildman–Crippen MR) is 129 cm³/mol. The van der Waals surface area contributed by atoms with E-state index in [1.807, 2.05) is 24.3 Å². The van der Waals surface area contributed by atoms with Crippen molar-refractivity contribution in [3.63, 3.8) is 0 Å². The van der Waals surface area contributed by atoms with Crippen LogP contribution in [0.1, 0.15) is 19.4 Å². The van der Waals surface area contributed by atoms with Gasteiger partial charge in [-0.1, -0.05) is 18.2 Å². The standard InChI is InChI=1S/C23H33N3O5S2/c1-23(2,28)18-5-7-19(8-6-18)26-10-9-25(33(29,30)22-4-3-13-32-22)15-20(26)14-24-11-12-31-17-21(24)16-27/h3-8,13,20-21,27-28H,9-12,14-17H2,1-2H3/t20-,21+/m1/s1. The molecule has 2 aromatic rings. The lowest BCUT2D eigenvalue weighted by atomic mass is 9.98. The molecule has 33 heavy (non-hydrogen) atoms. The van der Waals surface area contributed by atoms with E-state index in [-0.39, 0.29) is 18.7 Å². The fraction of sp³-hybridized carbons (Fsp3) is 0.565. The summed E-state index contributed by atoms with van der Waals surface area (Å²) in [5.41, 5.74) is 0.901. The maximum atomic E-state index is 13.2. The predicted octanol–water partition coefficient (Wildman–Crippen LogP) is 1.55. The van der Waals surface area contributed by atoms with Crippen molar-refractivity contribution < 1.29 is 23.4 Å². The maximum absolute atomic E-state index is 13.2. The number of benzene rings is 1. The molecule has 1 aromatic carbocycles. The van der Waals surface area contributed by atoms with Crippen molar-refractivity contribution in [1.29, 1.82) is 0 Å². The summed E-state index contributed by atoms with van der Waals surface area (Å²) >= 11 is 1.24. The highest BCUT2D eigenvalue weighted by Gasteiger charge is 2.37. The third-order valence-electron chi connectivity index (χ3n) is 6.45. The lowest BCUT2D eigenvalue weighted by Crippen LogP contribution is -2.60. The molecule has 8 nitrogen and oxygen atoms in total. The van der Waals surface area contributed by atoms with Crippen LogP contribution in [0.2, 0.25) is 0 Å². The van der Waals surface area contributed by atoms with E-state index in [2.05, 4.69) is 9.80 Å². The minimum atomic E-state index is -3.54. The summed E-state index contributed by atoms with van der Waals surface area (Å²) in [5, 5.41) is 21.9. The van der Waals surface area contributed by atoms with E-state index in [4.69, 9.17) is 4.74 Å². The Bertz CT molecular complexity index is 1010. The highest BCUT2D eigenvalue weighted by atomic mass is 32.2. The van der Waals surface area contributed by atoms with Gasteiger partial charge in [0.05, 0.1) is 37.5 Å². The average Bonchev–Trinajstić information content (AvgIpc) is 3.35. The van der Waals surface area contributed by atoms with Crippen molar-refractivity contribution in [1.82, 2.24) is 9.21 Å². The van der Waals surface area contributed by atoms with Crippen molar-refractivity contribution in [2.75, 3.05) is 57.4 Å². The Morgan fingerprint density at radius 3 is 2.52 bits per heavy atom. The highest BCUT2D eigenvalue weighted by Crippen LogP contribution is 2.29. The summed E-state index contributed by atoms with van der Waals surface area (Å²) in [5.74, 6) is 0. The summed E-state index contributed by atoms with van der Waals surface area (Å²) in [6.07, 6.45) is 0. The van der Waals surface area contributed by atoms with Crippen LogP contribution in [0, 0.1) is 0 Å². The van der Waals surface area contributed by atoms with Gasteiger partial charge in [-0.3, -0.25) is 4.90 Å². The Morgan fingerprint density at radius 1 is 1.12 bits per heavy atom. The number of piperazine rings is 1. The quantitative estimate of drug-likeness (QED) is 0.602. The number of ether oxygens (including phenoxy) is 1. The smallest absolute Gasteiger partial charge is 0.252 e. The van der Waals surface area contributed by atoms with Crippen molar-refractivity contribution >= 4 is 27.0 Å². The fourth-order valence-electron chi connectivity index (χ4n) is 4.51. The lowest BCUT2D eigenvalue weighted by molar-refractivity contribution is -0.0308. The molecule has 0 unspecified atom stereocenters. The van der Waals surface area contributed by atoms with Gasteiger partial charge in [0.15, 0.2) is 0 Å². The van der Waals surface area contributed by atoms with Gasteiger partial charge in [0.2, 0.25) is 0 Å². The van der Waals surface area contributed by atoms with E-state index in [1.165, 1.54) is 11.3 Å². The van der Waals surface area contributed by atoms with Crippen LogP contribution in [-0.2, 0) is 20.4 Å². The zero-order chi connectivity index (χ0) is 23.6. The second-order valence-electron chi connectivity index (χ2n) is 9.15. The molecule has 2 aliphatic heterocycles. The first-order valence-corrected chi connectivity index (χ1v) is 13.6. The number of aliphatic hydroxyl groups is 2. The number of morpholine rings is 1. The van der Waals surface area contributed by atoms with Crippen LogP contribution in [0.5, 0.6) is 0 Å². The van der Waals surface area contributed by atoms with Gasteiger partial charge in [0, 0.05) is 38.4 Å². The van der Waals surface area contributed by atoms with Gasteiger partial charge in [-0.2, -0.15) is 4.31 Å². The molecule has 2 N–H and O–H groups in total. The topological polar surface area (TPSA) is 93.6 Å². The first-order chi connectivity index (χ1) is 15.7. The number of thiophene rings is 1. The Labute approximate surface area is 200 Å².